The van der Waals surface area contributed by atoms with Crippen molar-refractivity contribution in [2.45, 2.75) is 38.0 Å². The van der Waals surface area contributed by atoms with E-state index < -0.39 is 18.4 Å². The van der Waals surface area contributed by atoms with Gasteiger partial charge in [-0.3, -0.25) is 0 Å². The van der Waals surface area contributed by atoms with Gasteiger partial charge in [-0.15, -0.1) is 0 Å². The SMILES string of the molecule is C[CH2][Sn]([CH2]C)([CH2]C)[CH]1C=CC=C1. The van der Waals surface area contributed by atoms with Gasteiger partial charge in [-0.1, -0.05) is 0 Å². The molecule has 0 saturated heterocycles. The van der Waals surface area contributed by atoms with E-state index in [9.17, 15) is 0 Å². The van der Waals surface area contributed by atoms with Crippen molar-refractivity contribution in [2.24, 2.45) is 0 Å². The molecule has 0 aromatic heterocycles. The van der Waals surface area contributed by atoms with E-state index in [1.165, 1.54) is 13.3 Å². The van der Waals surface area contributed by atoms with Crippen LogP contribution >= 0.6 is 0 Å². The van der Waals surface area contributed by atoms with Crippen LogP contribution in [0.3, 0.4) is 0 Å². The van der Waals surface area contributed by atoms with Crippen LogP contribution in [0.15, 0.2) is 24.3 Å². The number of hydrogen-bond acceptors (Lipinski definition) is 0. The molecular formula is C11H20Sn. The van der Waals surface area contributed by atoms with Gasteiger partial charge in [-0.05, 0) is 0 Å². The summed E-state index contributed by atoms with van der Waals surface area (Å²) < 4.78 is 5.41. The van der Waals surface area contributed by atoms with Crippen molar-refractivity contribution >= 4 is 18.4 Å². The Morgan fingerprint density at radius 3 is 1.67 bits per heavy atom. The molecule has 68 valence electrons. The second-order valence-corrected chi connectivity index (χ2v) is 19.5. The van der Waals surface area contributed by atoms with Gasteiger partial charge >= 0.3 is 80.7 Å². The van der Waals surface area contributed by atoms with Gasteiger partial charge in [-0.25, -0.2) is 0 Å². The van der Waals surface area contributed by atoms with Crippen LogP contribution in [0.5, 0.6) is 0 Å². The number of hydrogen-bond donors (Lipinski definition) is 0. The number of allylic oxidation sites excluding steroid dienone is 4. The summed E-state index contributed by atoms with van der Waals surface area (Å²) in [6.45, 7) is 7.22. The van der Waals surface area contributed by atoms with E-state index in [1.807, 2.05) is 0 Å². The van der Waals surface area contributed by atoms with Crippen LogP contribution < -0.4 is 0 Å². The molecule has 0 fully saturated rings. The van der Waals surface area contributed by atoms with Crippen molar-refractivity contribution in [3.05, 3.63) is 24.3 Å². The third kappa shape index (κ3) is 1.78. The topological polar surface area (TPSA) is 0 Å². The van der Waals surface area contributed by atoms with Gasteiger partial charge in [0, 0.05) is 0 Å². The summed E-state index contributed by atoms with van der Waals surface area (Å²) in [7, 11) is 0. The average molecular weight is 271 g/mol. The summed E-state index contributed by atoms with van der Waals surface area (Å²) in [4.78, 5) is 0. The monoisotopic (exact) mass is 272 g/mol. The van der Waals surface area contributed by atoms with Crippen LogP contribution in [0, 0.1) is 0 Å². The Labute approximate surface area is 80.6 Å². The van der Waals surface area contributed by atoms with Gasteiger partial charge in [0.1, 0.15) is 0 Å². The van der Waals surface area contributed by atoms with E-state index >= 15 is 0 Å². The van der Waals surface area contributed by atoms with Gasteiger partial charge in [0.25, 0.3) is 0 Å². The molecule has 0 unspecified atom stereocenters. The predicted molar refractivity (Wildman–Crippen MR) is 59.2 cm³/mol. The molecule has 12 heavy (non-hydrogen) atoms. The first kappa shape index (κ1) is 10.4. The van der Waals surface area contributed by atoms with Gasteiger partial charge in [0.2, 0.25) is 0 Å². The molecule has 1 rings (SSSR count). The Bertz CT molecular complexity index is 167. The van der Waals surface area contributed by atoms with Crippen LogP contribution in [-0.2, 0) is 0 Å². The molecule has 0 atom stereocenters. The van der Waals surface area contributed by atoms with Crippen molar-refractivity contribution in [2.75, 3.05) is 0 Å². The molecule has 1 heteroatoms. The average Bonchev–Trinajstić information content (AvgIpc) is 2.62. The van der Waals surface area contributed by atoms with E-state index in [0.29, 0.717) is 0 Å². The maximum absolute atomic E-state index is 2.44. The molecule has 0 aliphatic heterocycles. The minimum absolute atomic E-state index is 0.902. The Kier molecular flexibility index (Phi) is 3.88. The second-order valence-electron chi connectivity index (χ2n) is 3.72. The minimum atomic E-state index is -1.72. The Morgan fingerprint density at radius 1 is 0.917 bits per heavy atom. The molecule has 0 nitrogen and oxygen atoms in total. The Balaban J connectivity index is 2.76. The van der Waals surface area contributed by atoms with Gasteiger partial charge in [-0.2, -0.15) is 0 Å². The normalized spacial score (nSPS) is 17.6. The molecule has 0 saturated carbocycles. The molecule has 0 N–H and O–H groups in total. The van der Waals surface area contributed by atoms with Crippen LogP contribution in [-0.4, -0.2) is 18.4 Å². The predicted octanol–water partition coefficient (Wildman–Crippen LogP) is 3.99. The zero-order valence-corrected chi connectivity index (χ0v) is 11.4. The second kappa shape index (κ2) is 4.50. The van der Waals surface area contributed by atoms with Crippen molar-refractivity contribution in [3.63, 3.8) is 0 Å². The summed E-state index contributed by atoms with van der Waals surface area (Å²) >= 11 is -1.72. The molecule has 0 spiro atoms. The fourth-order valence-electron chi connectivity index (χ4n) is 2.30. The molecule has 1 aliphatic rings. The van der Waals surface area contributed by atoms with Gasteiger partial charge < -0.3 is 0 Å². The summed E-state index contributed by atoms with van der Waals surface area (Å²) in [6, 6.07) is 0. The Hall–Kier alpha value is 0.279. The van der Waals surface area contributed by atoms with E-state index in [-0.39, 0.29) is 0 Å². The third-order valence-corrected chi connectivity index (χ3v) is 20.8. The van der Waals surface area contributed by atoms with E-state index in [1.54, 1.807) is 0 Å². The zero-order valence-electron chi connectivity index (χ0n) is 8.51. The quantitative estimate of drug-likeness (QED) is 0.678. The molecule has 0 bridgehead atoms. The summed E-state index contributed by atoms with van der Waals surface area (Å²) in [6.07, 6.45) is 9.34. The maximum atomic E-state index is 2.44. The Morgan fingerprint density at radius 2 is 1.33 bits per heavy atom. The van der Waals surface area contributed by atoms with Crippen LogP contribution in [0.1, 0.15) is 20.8 Å². The fourth-order valence-corrected chi connectivity index (χ4v) is 13.6. The summed E-state index contributed by atoms with van der Waals surface area (Å²) in [5.74, 6) is 0. The van der Waals surface area contributed by atoms with Crippen molar-refractivity contribution in [1.82, 2.24) is 0 Å². The standard InChI is InChI=1S/C5H5.3C2H5.Sn/c1-2-4-5-3-1;3*1-2;/h1-5H;3*1H2,2H3;. The van der Waals surface area contributed by atoms with Gasteiger partial charge in [0.15, 0.2) is 0 Å². The van der Waals surface area contributed by atoms with E-state index in [4.69, 9.17) is 0 Å². The molecule has 0 aromatic rings. The molecule has 1 aliphatic carbocycles. The van der Waals surface area contributed by atoms with Crippen LogP contribution in [0.4, 0.5) is 0 Å². The van der Waals surface area contributed by atoms with Crippen LogP contribution in [0.2, 0.25) is 17.2 Å². The first-order valence-electron chi connectivity index (χ1n) is 5.14. The molecule has 0 radical (unpaired) electrons. The molecule has 0 heterocycles. The molecular weight excluding hydrogens is 251 g/mol. The van der Waals surface area contributed by atoms with E-state index in [2.05, 4.69) is 45.1 Å². The van der Waals surface area contributed by atoms with E-state index in [0.717, 1.165) is 3.93 Å². The summed E-state index contributed by atoms with van der Waals surface area (Å²) in [5.41, 5.74) is 0. The zero-order chi connectivity index (χ0) is 9.03. The van der Waals surface area contributed by atoms with Gasteiger partial charge in [0.05, 0.1) is 0 Å². The van der Waals surface area contributed by atoms with Crippen molar-refractivity contribution < 1.29 is 0 Å². The van der Waals surface area contributed by atoms with Crippen molar-refractivity contribution in [3.8, 4) is 0 Å². The first-order chi connectivity index (χ1) is 5.79. The number of rotatable bonds is 4. The molecule has 0 amide bonds. The third-order valence-electron chi connectivity index (χ3n) is 3.57. The molecule has 0 aromatic carbocycles. The fraction of sp³-hybridized carbons (Fsp3) is 0.636. The summed E-state index contributed by atoms with van der Waals surface area (Å²) in [5, 5.41) is 0. The first-order valence-corrected chi connectivity index (χ1v) is 12.8. The van der Waals surface area contributed by atoms with Crippen molar-refractivity contribution in [1.29, 1.82) is 0 Å². The van der Waals surface area contributed by atoms with Crippen LogP contribution in [0.25, 0.3) is 0 Å².